The van der Waals surface area contributed by atoms with Gasteiger partial charge in [-0.05, 0) is 25.5 Å². The van der Waals surface area contributed by atoms with E-state index in [0.29, 0.717) is 0 Å². The zero-order valence-corrected chi connectivity index (χ0v) is 17.9. The molecule has 0 N–H and O–H groups in total. The number of quaternary nitrogens is 1. The molecule has 0 amide bonds. The van der Waals surface area contributed by atoms with E-state index in [-0.39, 0.29) is 48.0 Å². The minimum absolute atomic E-state index is 0. The Balaban J connectivity index is 0. The summed E-state index contributed by atoms with van der Waals surface area (Å²) in [5.74, 6) is 0.952. The number of halogens is 2. The number of likely N-dealkylation sites (N-methyl/N-ethyl adjacent to an activating group) is 1. The van der Waals surface area contributed by atoms with Crippen LogP contribution in [0.2, 0.25) is 0 Å². The van der Waals surface area contributed by atoms with Gasteiger partial charge in [0.1, 0.15) is 25.4 Å². The number of nitrogens with zero attached hydrogens (tertiary/aromatic N) is 1. The first-order valence-corrected chi connectivity index (χ1v) is 7.13. The maximum Gasteiger partial charge on any atom is 0.137 e. The lowest BCUT2D eigenvalue weighted by Crippen LogP contribution is -3.00. The van der Waals surface area contributed by atoms with Crippen molar-refractivity contribution >= 4 is 0 Å². The Morgan fingerprint density at radius 2 is 1.48 bits per heavy atom. The molecule has 0 radical (unpaired) electrons. The molecule has 0 heterocycles. The zero-order chi connectivity index (χ0) is 14.1. The van der Waals surface area contributed by atoms with Crippen LogP contribution in [0.4, 0.5) is 0 Å². The van der Waals surface area contributed by atoms with E-state index in [1.165, 1.54) is 5.56 Å². The minimum Gasteiger partial charge on any atom is -1.00 e. The van der Waals surface area contributed by atoms with Crippen LogP contribution >= 0.6 is 0 Å². The maximum absolute atomic E-state index is 5.77. The SMILES string of the molecule is CCCOCC[N+](C)(C)CCOc1ccc(C)cc1.[I-].[I-]. The molecule has 0 aliphatic carbocycles. The molecular weight excluding hydrogens is 492 g/mol. The summed E-state index contributed by atoms with van der Waals surface area (Å²) in [4.78, 5) is 0. The molecule has 0 aliphatic rings. The largest absolute Gasteiger partial charge is 1.00 e. The Bertz CT molecular complexity index is 356. The first-order valence-electron chi connectivity index (χ1n) is 7.13. The lowest BCUT2D eigenvalue weighted by Gasteiger charge is -2.29. The van der Waals surface area contributed by atoms with Gasteiger partial charge < -0.3 is 61.9 Å². The molecule has 0 fully saturated rings. The van der Waals surface area contributed by atoms with E-state index in [1.54, 1.807) is 0 Å². The van der Waals surface area contributed by atoms with E-state index >= 15 is 0 Å². The molecule has 0 aliphatic heterocycles. The van der Waals surface area contributed by atoms with Crippen molar-refractivity contribution in [3.8, 4) is 5.75 Å². The van der Waals surface area contributed by atoms with E-state index < -0.39 is 0 Å². The topological polar surface area (TPSA) is 18.5 Å². The van der Waals surface area contributed by atoms with Gasteiger partial charge in [0, 0.05) is 6.61 Å². The molecule has 3 nitrogen and oxygen atoms in total. The molecule has 124 valence electrons. The quantitative estimate of drug-likeness (QED) is 0.195. The van der Waals surface area contributed by atoms with Crippen LogP contribution in [0, 0.1) is 6.92 Å². The van der Waals surface area contributed by atoms with Crippen molar-refractivity contribution < 1.29 is 61.9 Å². The van der Waals surface area contributed by atoms with Crippen LogP contribution in [0.5, 0.6) is 5.75 Å². The molecule has 0 saturated carbocycles. The van der Waals surface area contributed by atoms with Gasteiger partial charge in [-0.1, -0.05) is 24.6 Å². The van der Waals surface area contributed by atoms with Crippen LogP contribution in [0.15, 0.2) is 24.3 Å². The Hall–Kier alpha value is 0.400. The fourth-order valence-corrected chi connectivity index (χ4v) is 1.71. The van der Waals surface area contributed by atoms with Gasteiger partial charge in [-0.3, -0.25) is 0 Å². The molecule has 1 aromatic rings. The normalized spacial score (nSPS) is 10.5. The predicted octanol–water partition coefficient (Wildman–Crippen LogP) is -3.12. The molecule has 1 aromatic carbocycles. The molecule has 5 heteroatoms. The fraction of sp³-hybridized carbons (Fsp3) is 0.625. The van der Waals surface area contributed by atoms with Crippen molar-refractivity contribution in [2.24, 2.45) is 0 Å². The van der Waals surface area contributed by atoms with Gasteiger partial charge in [-0.2, -0.15) is 0 Å². The molecule has 0 spiro atoms. The number of benzene rings is 1. The van der Waals surface area contributed by atoms with Gasteiger partial charge in [-0.25, -0.2) is 0 Å². The second-order valence-corrected chi connectivity index (χ2v) is 5.66. The van der Waals surface area contributed by atoms with E-state index in [4.69, 9.17) is 9.47 Å². The van der Waals surface area contributed by atoms with E-state index in [2.05, 4.69) is 40.1 Å². The van der Waals surface area contributed by atoms with E-state index in [0.717, 1.165) is 49.6 Å². The summed E-state index contributed by atoms with van der Waals surface area (Å²) in [6.45, 7) is 8.66. The van der Waals surface area contributed by atoms with Crippen LogP contribution in [0.25, 0.3) is 0 Å². The maximum atomic E-state index is 5.77. The highest BCUT2D eigenvalue weighted by Crippen LogP contribution is 2.11. The van der Waals surface area contributed by atoms with Crippen LogP contribution < -0.4 is 52.7 Å². The lowest BCUT2D eigenvalue weighted by molar-refractivity contribution is -0.890. The number of hydrogen-bond donors (Lipinski definition) is 0. The van der Waals surface area contributed by atoms with Crippen molar-refractivity contribution in [3.63, 3.8) is 0 Å². The Morgan fingerprint density at radius 3 is 2.05 bits per heavy atom. The third kappa shape index (κ3) is 11.6. The minimum atomic E-state index is 0. The predicted molar refractivity (Wildman–Crippen MR) is 79.6 cm³/mol. The van der Waals surface area contributed by atoms with Gasteiger partial charge in [0.05, 0.1) is 20.7 Å². The average Bonchev–Trinajstić information content (AvgIpc) is 2.37. The summed E-state index contributed by atoms with van der Waals surface area (Å²) in [5.41, 5.74) is 1.26. The molecular formula is C16H28I2NO2-. The summed E-state index contributed by atoms with van der Waals surface area (Å²) in [6.07, 6.45) is 1.09. The first kappa shape index (κ1) is 23.7. The fourth-order valence-electron chi connectivity index (χ4n) is 1.71. The van der Waals surface area contributed by atoms with Crippen molar-refractivity contribution in [2.45, 2.75) is 20.3 Å². The summed E-state index contributed by atoms with van der Waals surface area (Å²) in [7, 11) is 4.43. The third-order valence-electron chi connectivity index (χ3n) is 3.18. The highest BCUT2D eigenvalue weighted by molar-refractivity contribution is 5.26. The van der Waals surface area contributed by atoms with Gasteiger partial charge in [-0.15, -0.1) is 0 Å². The second-order valence-electron chi connectivity index (χ2n) is 5.66. The van der Waals surface area contributed by atoms with Crippen LogP contribution in [0.1, 0.15) is 18.9 Å². The summed E-state index contributed by atoms with van der Waals surface area (Å²) < 4.78 is 12.2. The standard InChI is InChI=1S/C16H28NO2.2HI/c1-5-12-18-13-10-17(3,4)11-14-19-16-8-6-15(2)7-9-16;;/h6-9H,5,10-14H2,1-4H3;2*1H/q+1;;/p-2. The average molecular weight is 520 g/mol. The summed E-state index contributed by atoms with van der Waals surface area (Å²) in [6, 6.07) is 8.21. The highest BCUT2D eigenvalue weighted by Gasteiger charge is 2.14. The smallest absolute Gasteiger partial charge is 0.137 e. The molecule has 0 bridgehead atoms. The number of ether oxygens (including phenoxy) is 2. The number of rotatable bonds is 9. The van der Waals surface area contributed by atoms with E-state index in [9.17, 15) is 0 Å². The van der Waals surface area contributed by atoms with Crippen molar-refractivity contribution in [1.82, 2.24) is 0 Å². The van der Waals surface area contributed by atoms with Gasteiger partial charge in [0.15, 0.2) is 0 Å². The molecule has 1 rings (SSSR count). The van der Waals surface area contributed by atoms with Gasteiger partial charge in [0.25, 0.3) is 0 Å². The zero-order valence-electron chi connectivity index (χ0n) is 13.6. The summed E-state index contributed by atoms with van der Waals surface area (Å²) in [5, 5.41) is 0. The second kappa shape index (κ2) is 12.9. The highest BCUT2D eigenvalue weighted by atomic mass is 127. The molecule has 0 saturated heterocycles. The number of hydrogen-bond acceptors (Lipinski definition) is 2. The summed E-state index contributed by atoms with van der Waals surface area (Å²) >= 11 is 0. The van der Waals surface area contributed by atoms with Gasteiger partial charge >= 0.3 is 0 Å². The Kier molecular flexibility index (Phi) is 14.5. The van der Waals surface area contributed by atoms with Crippen molar-refractivity contribution in [1.29, 1.82) is 0 Å². The van der Waals surface area contributed by atoms with Crippen molar-refractivity contribution in [3.05, 3.63) is 29.8 Å². The number of aryl methyl sites for hydroxylation is 1. The van der Waals surface area contributed by atoms with Crippen molar-refractivity contribution in [2.75, 3.05) is 47.0 Å². The van der Waals surface area contributed by atoms with Crippen LogP contribution in [-0.2, 0) is 4.74 Å². The van der Waals surface area contributed by atoms with Gasteiger partial charge in [0.2, 0.25) is 0 Å². The third-order valence-corrected chi connectivity index (χ3v) is 3.18. The molecule has 0 aromatic heterocycles. The van der Waals surface area contributed by atoms with Crippen LogP contribution in [0.3, 0.4) is 0 Å². The lowest BCUT2D eigenvalue weighted by atomic mass is 10.2. The molecule has 0 atom stereocenters. The first-order chi connectivity index (χ1) is 9.03. The Morgan fingerprint density at radius 1 is 0.905 bits per heavy atom. The Labute approximate surface area is 164 Å². The van der Waals surface area contributed by atoms with Crippen LogP contribution in [-0.4, -0.2) is 51.5 Å². The van der Waals surface area contributed by atoms with E-state index in [1.807, 2.05) is 12.1 Å². The monoisotopic (exact) mass is 520 g/mol. The molecule has 0 unspecified atom stereocenters. The molecule has 21 heavy (non-hydrogen) atoms.